The van der Waals surface area contributed by atoms with E-state index in [2.05, 4.69) is 10.5 Å². The molecule has 0 aliphatic carbocycles. The van der Waals surface area contributed by atoms with Crippen molar-refractivity contribution in [1.29, 1.82) is 0 Å². The number of rotatable bonds is 5. The lowest BCUT2D eigenvalue weighted by Gasteiger charge is -2.08. The largest absolute Gasteiger partial charge is 0.279 e. The lowest BCUT2D eigenvalue weighted by molar-refractivity contribution is -0.384. The number of nitro benzene ring substituents is 1. The van der Waals surface area contributed by atoms with E-state index in [0.29, 0.717) is 16.9 Å². The zero-order chi connectivity index (χ0) is 18.7. The Bertz CT molecular complexity index is 1030. The molecule has 3 aromatic rings. The molecule has 3 rings (SSSR count). The SMILES string of the molecule is Cc1c(C=NNc2cccc([N+](=O)[O-])c2)n(C)n(-c2ccccc2)c1=O. The van der Waals surface area contributed by atoms with Crippen molar-refractivity contribution in [3.05, 3.63) is 86.3 Å². The Hall–Kier alpha value is -3.68. The Balaban J connectivity index is 1.89. The monoisotopic (exact) mass is 351 g/mol. The summed E-state index contributed by atoms with van der Waals surface area (Å²) in [7, 11) is 1.77. The molecular formula is C18H17N5O3. The average molecular weight is 351 g/mol. The molecule has 0 unspecified atom stereocenters. The molecule has 0 aliphatic heterocycles. The number of aromatic nitrogens is 2. The molecule has 2 aromatic carbocycles. The van der Waals surface area contributed by atoms with Crippen molar-refractivity contribution in [3.8, 4) is 5.69 Å². The van der Waals surface area contributed by atoms with Crippen LogP contribution in [0.4, 0.5) is 11.4 Å². The standard InChI is InChI=1S/C18H17N5O3/c1-13-17(12-19-20-14-7-6-10-16(11-14)23(25)26)21(2)22(18(13)24)15-8-4-3-5-9-15/h3-12,20H,1-2H3. The van der Waals surface area contributed by atoms with Gasteiger partial charge in [0.15, 0.2) is 0 Å². The summed E-state index contributed by atoms with van der Waals surface area (Å²) in [5.41, 5.74) is 5.04. The molecule has 8 heteroatoms. The molecule has 0 saturated heterocycles. The third-order valence-corrected chi connectivity index (χ3v) is 3.98. The zero-order valence-electron chi connectivity index (χ0n) is 14.3. The highest BCUT2D eigenvalue weighted by molar-refractivity contribution is 5.80. The Morgan fingerprint density at radius 3 is 2.58 bits per heavy atom. The summed E-state index contributed by atoms with van der Waals surface area (Å²) in [6, 6.07) is 15.3. The lowest BCUT2D eigenvalue weighted by atomic mass is 10.3. The molecule has 1 aromatic heterocycles. The summed E-state index contributed by atoms with van der Waals surface area (Å²) in [6.45, 7) is 1.73. The van der Waals surface area contributed by atoms with Crippen molar-refractivity contribution in [1.82, 2.24) is 9.36 Å². The second-order valence-corrected chi connectivity index (χ2v) is 5.66. The van der Waals surface area contributed by atoms with Crippen LogP contribution in [0.15, 0.2) is 64.5 Å². The molecule has 1 heterocycles. The van der Waals surface area contributed by atoms with Gasteiger partial charge in [-0.2, -0.15) is 5.10 Å². The number of nitrogens with one attached hydrogen (secondary N) is 1. The van der Waals surface area contributed by atoms with Crippen LogP contribution in [-0.2, 0) is 7.05 Å². The third kappa shape index (κ3) is 3.25. The summed E-state index contributed by atoms with van der Waals surface area (Å²) in [4.78, 5) is 22.9. The highest BCUT2D eigenvalue weighted by atomic mass is 16.6. The van der Waals surface area contributed by atoms with Crippen molar-refractivity contribution in [3.63, 3.8) is 0 Å². The van der Waals surface area contributed by atoms with Gasteiger partial charge in [-0.25, -0.2) is 4.68 Å². The fraction of sp³-hybridized carbons (Fsp3) is 0.111. The molecule has 0 fully saturated rings. The average Bonchev–Trinajstić information content (AvgIpc) is 2.86. The van der Waals surface area contributed by atoms with E-state index in [0.717, 1.165) is 5.69 Å². The molecule has 8 nitrogen and oxygen atoms in total. The molecule has 0 aliphatic rings. The van der Waals surface area contributed by atoms with Gasteiger partial charge in [-0.3, -0.25) is 25.0 Å². The summed E-state index contributed by atoms with van der Waals surface area (Å²) in [5.74, 6) is 0. The Labute approximate surface area is 149 Å². The zero-order valence-corrected chi connectivity index (χ0v) is 14.3. The number of benzene rings is 2. The predicted octanol–water partition coefficient (Wildman–Crippen LogP) is 2.84. The van der Waals surface area contributed by atoms with E-state index in [4.69, 9.17) is 0 Å². The lowest BCUT2D eigenvalue weighted by Crippen LogP contribution is -2.20. The molecule has 0 atom stereocenters. The second kappa shape index (κ2) is 7.06. The van der Waals surface area contributed by atoms with Crippen LogP contribution in [0.2, 0.25) is 0 Å². The molecule has 0 radical (unpaired) electrons. The summed E-state index contributed by atoms with van der Waals surface area (Å²) in [6.07, 6.45) is 1.52. The van der Waals surface area contributed by atoms with Gasteiger partial charge in [-0.1, -0.05) is 24.3 Å². The van der Waals surface area contributed by atoms with Crippen LogP contribution < -0.4 is 11.0 Å². The number of anilines is 1. The molecular weight excluding hydrogens is 334 g/mol. The first-order chi connectivity index (χ1) is 12.5. The van der Waals surface area contributed by atoms with Crippen molar-refractivity contribution in [2.24, 2.45) is 12.1 Å². The molecule has 1 N–H and O–H groups in total. The van der Waals surface area contributed by atoms with Crippen LogP contribution in [0, 0.1) is 17.0 Å². The maximum Gasteiger partial charge on any atom is 0.274 e. The molecule has 26 heavy (non-hydrogen) atoms. The Morgan fingerprint density at radius 1 is 1.15 bits per heavy atom. The third-order valence-electron chi connectivity index (χ3n) is 3.98. The molecule has 0 bridgehead atoms. The van der Waals surface area contributed by atoms with Gasteiger partial charge in [-0.15, -0.1) is 0 Å². The fourth-order valence-electron chi connectivity index (χ4n) is 2.65. The quantitative estimate of drug-likeness (QED) is 0.434. The van der Waals surface area contributed by atoms with Crippen LogP contribution >= 0.6 is 0 Å². The van der Waals surface area contributed by atoms with E-state index >= 15 is 0 Å². The van der Waals surface area contributed by atoms with Gasteiger partial charge in [0.05, 0.1) is 28.2 Å². The normalized spacial score (nSPS) is 11.0. The number of hydrogen-bond acceptors (Lipinski definition) is 5. The maximum atomic E-state index is 12.5. The first-order valence-corrected chi connectivity index (χ1v) is 7.86. The van der Waals surface area contributed by atoms with E-state index < -0.39 is 4.92 Å². The number of hydrazone groups is 1. The van der Waals surface area contributed by atoms with Crippen LogP contribution in [0.5, 0.6) is 0 Å². The molecule has 0 amide bonds. The minimum Gasteiger partial charge on any atom is -0.279 e. The molecule has 0 spiro atoms. The topological polar surface area (TPSA) is 94.5 Å². The minimum absolute atomic E-state index is 0.0241. The highest BCUT2D eigenvalue weighted by Crippen LogP contribution is 2.17. The van der Waals surface area contributed by atoms with E-state index in [1.807, 2.05) is 30.3 Å². The van der Waals surface area contributed by atoms with Gasteiger partial charge in [0.25, 0.3) is 11.2 Å². The van der Waals surface area contributed by atoms with Crippen LogP contribution in [0.3, 0.4) is 0 Å². The van der Waals surface area contributed by atoms with Crippen molar-refractivity contribution >= 4 is 17.6 Å². The van der Waals surface area contributed by atoms with Gasteiger partial charge in [-0.05, 0) is 25.1 Å². The van der Waals surface area contributed by atoms with E-state index in [-0.39, 0.29) is 11.2 Å². The molecule has 132 valence electrons. The fourth-order valence-corrected chi connectivity index (χ4v) is 2.65. The van der Waals surface area contributed by atoms with Gasteiger partial charge in [0, 0.05) is 24.7 Å². The summed E-state index contributed by atoms with van der Waals surface area (Å²) >= 11 is 0. The van der Waals surface area contributed by atoms with Crippen molar-refractivity contribution in [2.75, 3.05) is 5.43 Å². The van der Waals surface area contributed by atoms with Crippen LogP contribution in [-0.4, -0.2) is 20.5 Å². The van der Waals surface area contributed by atoms with E-state index in [9.17, 15) is 14.9 Å². The highest BCUT2D eigenvalue weighted by Gasteiger charge is 2.14. The minimum atomic E-state index is -0.470. The number of para-hydroxylation sites is 1. The van der Waals surface area contributed by atoms with Gasteiger partial charge in [0.2, 0.25) is 0 Å². The summed E-state index contributed by atoms with van der Waals surface area (Å²) < 4.78 is 3.27. The summed E-state index contributed by atoms with van der Waals surface area (Å²) in [5, 5.41) is 14.9. The van der Waals surface area contributed by atoms with Crippen molar-refractivity contribution < 1.29 is 4.92 Å². The predicted molar refractivity (Wildman–Crippen MR) is 100 cm³/mol. The first-order valence-electron chi connectivity index (χ1n) is 7.86. The Morgan fingerprint density at radius 2 is 1.88 bits per heavy atom. The smallest absolute Gasteiger partial charge is 0.274 e. The number of nitrogens with zero attached hydrogens (tertiary/aromatic N) is 4. The van der Waals surface area contributed by atoms with Crippen LogP contribution in [0.1, 0.15) is 11.3 Å². The first kappa shape index (κ1) is 17.2. The number of non-ortho nitro benzene ring substituents is 1. The van der Waals surface area contributed by atoms with Gasteiger partial charge < -0.3 is 0 Å². The van der Waals surface area contributed by atoms with Crippen molar-refractivity contribution in [2.45, 2.75) is 6.92 Å². The van der Waals surface area contributed by atoms with E-state index in [1.165, 1.54) is 18.3 Å². The van der Waals surface area contributed by atoms with Gasteiger partial charge >= 0.3 is 0 Å². The Kier molecular flexibility index (Phi) is 4.66. The van der Waals surface area contributed by atoms with Crippen LogP contribution in [0.25, 0.3) is 5.69 Å². The van der Waals surface area contributed by atoms with Gasteiger partial charge in [0.1, 0.15) is 0 Å². The number of nitro groups is 1. The maximum absolute atomic E-state index is 12.5. The second-order valence-electron chi connectivity index (χ2n) is 5.66. The number of hydrogen-bond donors (Lipinski definition) is 1. The van der Waals surface area contributed by atoms with E-state index in [1.54, 1.807) is 35.5 Å². The molecule has 0 saturated carbocycles.